The normalized spacial score (nSPS) is 14.7. The Labute approximate surface area is 232 Å². The van der Waals surface area contributed by atoms with Crippen molar-refractivity contribution in [3.8, 4) is 5.75 Å². The number of benzene rings is 3. The third kappa shape index (κ3) is 6.85. The van der Waals surface area contributed by atoms with Gasteiger partial charge in [0.15, 0.2) is 0 Å². The zero-order chi connectivity index (χ0) is 27.1. The molecule has 0 radical (unpaired) electrons. The van der Waals surface area contributed by atoms with Gasteiger partial charge in [-0.05, 0) is 47.5 Å². The number of piperazine rings is 1. The quantitative estimate of drug-likeness (QED) is 0.324. The Balaban J connectivity index is 1.42. The number of esters is 1. The van der Waals surface area contributed by atoms with Gasteiger partial charge in [-0.25, -0.2) is 4.79 Å². The number of carbonyl (C=O) groups is 2. The van der Waals surface area contributed by atoms with Gasteiger partial charge in [-0.2, -0.15) is 0 Å². The summed E-state index contributed by atoms with van der Waals surface area (Å²) < 4.78 is 16.6. The number of hydrogen-bond acceptors (Lipinski definition) is 6. The lowest BCUT2D eigenvalue weighted by Crippen LogP contribution is -2.49. The van der Waals surface area contributed by atoms with E-state index in [0.29, 0.717) is 60.5 Å². The summed E-state index contributed by atoms with van der Waals surface area (Å²) >= 11 is 12.5. The number of ether oxygens (including phenoxy) is 3. The first-order chi connectivity index (χ1) is 18.4. The van der Waals surface area contributed by atoms with E-state index in [1.165, 1.54) is 7.11 Å². The smallest absolute Gasteiger partial charge is 0.337 e. The van der Waals surface area contributed by atoms with Crippen molar-refractivity contribution in [1.82, 2.24) is 9.80 Å². The number of hydrogen-bond donors (Lipinski definition) is 0. The molecule has 1 fully saturated rings. The molecule has 0 aliphatic carbocycles. The molecule has 0 saturated carbocycles. The Hall–Kier alpha value is -3.10. The highest BCUT2D eigenvalue weighted by Gasteiger charge is 2.27. The summed E-state index contributed by atoms with van der Waals surface area (Å²) in [7, 11) is 3.00. The predicted molar refractivity (Wildman–Crippen MR) is 147 cm³/mol. The summed E-state index contributed by atoms with van der Waals surface area (Å²) in [6.45, 7) is 3.49. The molecular formula is C29H30Cl2N2O5. The molecule has 0 N–H and O–H groups in total. The van der Waals surface area contributed by atoms with E-state index in [0.717, 1.165) is 16.9 Å². The van der Waals surface area contributed by atoms with Gasteiger partial charge < -0.3 is 19.1 Å². The third-order valence-corrected chi connectivity index (χ3v) is 7.18. The van der Waals surface area contributed by atoms with Crippen LogP contribution in [0.3, 0.4) is 0 Å². The summed E-state index contributed by atoms with van der Waals surface area (Å²) in [5, 5.41) is 0.715. The van der Waals surface area contributed by atoms with Crippen molar-refractivity contribution in [3.63, 3.8) is 0 Å². The van der Waals surface area contributed by atoms with Gasteiger partial charge in [-0.1, -0.05) is 53.5 Å². The molecule has 3 aromatic rings. The zero-order valence-electron chi connectivity index (χ0n) is 21.4. The fourth-order valence-corrected chi connectivity index (χ4v) is 4.94. The van der Waals surface area contributed by atoms with Crippen LogP contribution in [0.25, 0.3) is 0 Å². The van der Waals surface area contributed by atoms with Gasteiger partial charge in [0.2, 0.25) is 0 Å². The summed E-state index contributed by atoms with van der Waals surface area (Å²) in [4.78, 5) is 28.9. The van der Waals surface area contributed by atoms with E-state index in [1.54, 1.807) is 42.3 Å². The highest BCUT2D eigenvalue weighted by Crippen LogP contribution is 2.28. The lowest BCUT2D eigenvalue weighted by atomic mass is 10.1. The molecule has 1 saturated heterocycles. The van der Waals surface area contributed by atoms with Crippen molar-refractivity contribution < 1.29 is 23.8 Å². The molecular weight excluding hydrogens is 527 g/mol. The van der Waals surface area contributed by atoms with Gasteiger partial charge >= 0.3 is 5.97 Å². The Bertz CT molecular complexity index is 1240. The van der Waals surface area contributed by atoms with Gasteiger partial charge in [0.25, 0.3) is 5.91 Å². The molecule has 3 aromatic carbocycles. The summed E-state index contributed by atoms with van der Waals surface area (Å²) in [5.74, 6) is 0.225. The molecule has 0 aromatic heterocycles. The van der Waals surface area contributed by atoms with Crippen molar-refractivity contribution in [2.75, 3.05) is 46.9 Å². The first-order valence-electron chi connectivity index (χ1n) is 12.3. The van der Waals surface area contributed by atoms with Crippen molar-refractivity contribution in [2.45, 2.75) is 12.7 Å². The van der Waals surface area contributed by atoms with Gasteiger partial charge in [0.1, 0.15) is 5.75 Å². The van der Waals surface area contributed by atoms with Crippen molar-refractivity contribution in [1.29, 1.82) is 0 Å². The van der Waals surface area contributed by atoms with Crippen LogP contribution in [0, 0.1) is 0 Å². The van der Waals surface area contributed by atoms with Gasteiger partial charge in [0, 0.05) is 32.7 Å². The lowest BCUT2D eigenvalue weighted by molar-refractivity contribution is 0.00332. The number of rotatable bonds is 9. The Morgan fingerprint density at radius 1 is 0.895 bits per heavy atom. The predicted octanol–water partition coefficient (Wildman–Crippen LogP) is 5.50. The maximum Gasteiger partial charge on any atom is 0.337 e. The molecule has 4 rings (SSSR count). The Morgan fingerprint density at radius 2 is 1.55 bits per heavy atom. The van der Waals surface area contributed by atoms with Crippen molar-refractivity contribution in [3.05, 3.63) is 99.0 Å². The summed E-state index contributed by atoms with van der Waals surface area (Å²) in [6.07, 6.45) is -0.231. The van der Waals surface area contributed by atoms with Crippen LogP contribution in [-0.2, 0) is 16.1 Å². The van der Waals surface area contributed by atoms with Crippen LogP contribution in [0.15, 0.2) is 66.7 Å². The van der Waals surface area contributed by atoms with Crippen molar-refractivity contribution >= 4 is 35.1 Å². The standard InChI is InChI=1S/C29H30Cl2N2O5/c1-36-23-6-3-5-22(17-23)26(38-19-20-9-11-21(12-10-20)29(35)37-2)18-32-13-15-33(16-14-32)28(34)27-24(30)7-4-8-25(27)31/h3-12,17,26H,13-16,18-19H2,1-2H3. The van der Waals surface area contributed by atoms with E-state index >= 15 is 0 Å². The molecule has 1 aliphatic rings. The van der Waals surface area contributed by atoms with E-state index in [4.69, 9.17) is 37.4 Å². The second kappa shape index (κ2) is 13.1. The first-order valence-corrected chi connectivity index (χ1v) is 13.0. The largest absolute Gasteiger partial charge is 0.497 e. The maximum atomic E-state index is 13.1. The molecule has 9 heteroatoms. The summed E-state index contributed by atoms with van der Waals surface area (Å²) in [5.41, 5.74) is 2.78. The molecule has 38 heavy (non-hydrogen) atoms. The minimum Gasteiger partial charge on any atom is -0.497 e. The van der Waals surface area contributed by atoms with Crippen LogP contribution in [0.2, 0.25) is 10.0 Å². The first kappa shape index (κ1) is 27.9. The molecule has 200 valence electrons. The molecule has 0 spiro atoms. The molecule has 0 bridgehead atoms. The van der Waals surface area contributed by atoms with Gasteiger partial charge in [-0.15, -0.1) is 0 Å². The van der Waals surface area contributed by atoms with E-state index in [2.05, 4.69) is 4.90 Å². The SMILES string of the molecule is COC(=O)c1ccc(COC(CN2CCN(C(=O)c3c(Cl)cccc3Cl)CC2)c2cccc(OC)c2)cc1. The number of amides is 1. The number of nitrogens with zero attached hydrogens (tertiary/aromatic N) is 2. The summed E-state index contributed by atoms with van der Waals surface area (Å²) in [6, 6.07) is 20.1. The van der Waals surface area contributed by atoms with Crippen LogP contribution in [0.4, 0.5) is 0 Å². The third-order valence-electron chi connectivity index (χ3n) is 6.55. The Morgan fingerprint density at radius 3 is 2.18 bits per heavy atom. The second-order valence-corrected chi connectivity index (χ2v) is 9.77. The van der Waals surface area contributed by atoms with Crippen LogP contribution in [-0.4, -0.2) is 68.6 Å². The van der Waals surface area contributed by atoms with Crippen molar-refractivity contribution in [2.24, 2.45) is 0 Å². The fraction of sp³-hybridized carbons (Fsp3) is 0.310. The number of halogens is 2. The number of carbonyl (C=O) groups excluding carboxylic acids is 2. The van der Waals surface area contributed by atoms with Crippen LogP contribution < -0.4 is 4.74 Å². The van der Waals surface area contributed by atoms with E-state index < -0.39 is 0 Å². The van der Waals surface area contributed by atoms with Crippen LogP contribution >= 0.6 is 23.2 Å². The fourth-order valence-electron chi connectivity index (χ4n) is 4.38. The molecule has 1 amide bonds. The molecule has 7 nitrogen and oxygen atoms in total. The topological polar surface area (TPSA) is 68.3 Å². The molecule has 1 atom stereocenters. The Kier molecular flexibility index (Phi) is 9.63. The van der Waals surface area contributed by atoms with E-state index in [1.807, 2.05) is 36.4 Å². The van der Waals surface area contributed by atoms with Gasteiger partial charge in [-0.3, -0.25) is 9.69 Å². The van der Waals surface area contributed by atoms with E-state index in [-0.39, 0.29) is 18.0 Å². The number of methoxy groups -OCH3 is 2. The highest BCUT2D eigenvalue weighted by molar-refractivity contribution is 6.39. The average Bonchev–Trinajstić information content (AvgIpc) is 2.95. The van der Waals surface area contributed by atoms with Crippen LogP contribution in [0.1, 0.15) is 37.9 Å². The van der Waals surface area contributed by atoms with Crippen LogP contribution in [0.5, 0.6) is 5.75 Å². The zero-order valence-corrected chi connectivity index (χ0v) is 22.9. The van der Waals surface area contributed by atoms with E-state index in [9.17, 15) is 9.59 Å². The monoisotopic (exact) mass is 556 g/mol. The molecule has 1 aliphatic heterocycles. The molecule has 1 heterocycles. The minimum absolute atomic E-state index is 0.156. The lowest BCUT2D eigenvalue weighted by Gasteiger charge is -2.36. The highest BCUT2D eigenvalue weighted by atomic mass is 35.5. The van der Waals surface area contributed by atoms with Gasteiger partial charge in [0.05, 0.1) is 48.1 Å². The molecule has 1 unspecified atom stereocenters. The maximum absolute atomic E-state index is 13.1. The second-order valence-electron chi connectivity index (χ2n) is 8.95. The average molecular weight is 557 g/mol. The minimum atomic E-state index is -0.374.